The van der Waals surface area contributed by atoms with Gasteiger partial charge in [0.25, 0.3) is 0 Å². The Morgan fingerprint density at radius 2 is 1.89 bits per heavy atom. The number of hydrogen-bond acceptors (Lipinski definition) is 4. The van der Waals surface area contributed by atoms with Gasteiger partial charge in [-0.2, -0.15) is 4.98 Å². The molecule has 0 spiro atoms. The standard InChI is InChI=1S/C15H28N4/c1-6-13(7-2)11-19(9-4)14-12(5)10-17-15(18-14)16-8-3/h10,13H,6-9,11H2,1-5H3,(H,16,17,18). The summed E-state index contributed by atoms with van der Waals surface area (Å²) in [5.74, 6) is 2.53. The Morgan fingerprint density at radius 1 is 1.21 bits per heavy atom. The van der Waals surface area contributed by atoms with Gasteiger partial charge in [0.2, 0.25) is 5.95 Å². The molecule has 0 saturated heterocycles. The van der Waals surface area contributed by atoms with E-state index in [0.717, 1.165) is 42.9 Å². The Hall–Kier alpha value is -1.32. The summed E-state index contributed by atoms with van der Waals surface area (Å²) in [5.41, 5.74) is 1.15. The van der Waals surface area contributed by atoms with Crippen molar-refractivity contribution in [3.8, 4) is 0 Å². The van der Waals surface area contributed by atoms with Crippen LogP contribution < -0.4 is 10.2 Å². The van der Waals surface area contributed by atoms with Gasteiger partial charge in [0.1, 0.15) is 5.82 Å². The summed E-state index contributed by atoms with van der Waals surface area (Å²) >= 11 is 0. The number of nitrogens with zero attached hydrogens (tertiary/aromatic N) is 3. The largest absolute Gasteiger partial charge is 0.356 e. The molecular weight excluding hydrogens is 236 g/mol. The van der Waals surface area contributed by atoms with Gasteiger partial charge in [-0.1, -0.05) is 26.7 Å². The molecule has 0 unspecified atom stereocenters. The molecule has 0 aliphatic carbocycles. The first-order valence-corrected chi connectivity index (χ1v) is 7.48. The summed E-state index contributed by atoms with van der Waals surface area (Å²) in [4.78, 5) is 11.3. The Labute approximate surface area is 117 Å². The summed E-state index contributed by atoms with van der Waals surface area (Å²) in [7, 11) is 0. The zero-order valence-electron chi connectivity index (χ0n) is 13.0. The van der Waals surface area contributed by atoms with Crippen LogP contribution in [0.15, 0.2) is 6.20 Å². The number of hydrogen-bond donors (Lipinski definition) is 1. The van der Waals surface area contributed by atoms with Crippen molar-refractivity contribution in [3.05, 3.63) is 11.8 Å². The van der Waals surface area contributed by atoms with E-state index in [2.05, 4.69) is 54.8 Å². The molecule has 1 aromatic rings. The van der Waals surface area contributed by atoms with Crippen molar-refractivity contribution in [2.24, 2.45) is 5.92 Å². The van der Waals surface area contributed by atoms with Crippen LogP contribution in [0.25, 0.3) is 0 Å². The third-order valence-electron chi connectivity index (χ3n) is 3.59. The highest BCUT2D eigenvalue weighted by Crippen LogP contribution is 2.21. The number of rotatable bonds is 8. The molecule has 108 valence electrons. The monoisotopic (exact) mass is 264 g/mol. The van der Waals surface area contributed by atoms with Gasteiger partial charge in [-0.05, 0) is 26.7 Å². The van der Waals surface area contributed by atoms with Crippen molar-refractivity contribution >= 4 is 11.8 Å². The molecule has 1 heterocycles. The number of aromatic nitrogens is 2. The van der Waals surface area contributed by atoms with Crippen LogP contribution in [-0.2, 0) is 0 Å². The molecule has 0 aromatic carbocycles. The van der Waals surface area contributed by atoms with Crippen molar-refractivity contribution in [1.29, 1.82) is 0 Å². The van der Waals surface area contributed by atoms with Crippen molar-refractivity contribution < 1.29 is 0 Å². The van der Waals surface area contributed by atoms with Gasteiger partial charge in [0.05, 0.1) is 0 Å². The minimum atomic E-state index is 0.728. The van der Waals surface area contributed by atoms with Crippen LogP contribution in [0, 0.1) is 12.8 Å². The van der Waals surface area contributed by atoms with Crippen LogP contribution in [0.3, 0.4) is 0 Å². The van der Waals surface area contributed by atoms with Crippen molar-refractivity contribution in [1.82, 2.24) is 9.97 Å². The first-order chi connectivity index (χ1) is 9.15. The van der Waals surface area contributed by atoms with Crippen LogP contribution in [0.1, 0.15) is 46.1 Å². The van der Waals surface area contributed by atoms with E-state index in [0.29, 0.717) is 0 Å². The van der Waals surface area contributed by atoms with Crippen LogP contribution in [0.4, 0.5) is 11.8 Å². The SMILES string of the molecule is CCNc1ncc(C)c(N(CC)CC(CC)CC)n1. The minimum Gasteiger partial charge on any atom is -0.356 e. The van der Waals surface area contributed by atoms with Crippen LogP contribution in [0.2, 0.25) is 0 Å². The molecule has 1 aromatic heterocycles. The smallest absolute Gasteiger partial charge is 0.224 e. The van der Waals surface area contributed by atoms with E-state index in [1.165, 1.54) is 12.8 Å². The average molecular weight is 264 g/mol. The minimum absolute atomic E-state index is 0.728. The Kier molecular flexibility index (Phi) is 6.60. The molecule has 0 aliphatic rings. The van der Waals surface area contributed by atoms with Gasteiger partial charge >= 0.3 is 0 Å². The molecule has 1 rings (SSSR count). The van der Waals surface area contributed by atoms with E-state index in [1.807, 2.05) is 6.20 Å². The highest BCUT2D eigenvalue weighted by Gasteiger charge is 2.14. The molecule has 19 heavy (non-hydrogen) atoms. The molecule has 4 heteroatoms. The topological polar surface area (TPSA) is 41.1 Å². The quantitative estimate of drug-likeness (QED) is 0.780. The zero-order chi connectivity index (χ0) is 14.3. The Balaban J connectivity index is 2.92. The van der Waals surface area contributed by atoms with E-state index >= 15 is 0 Å². The Bertz CT molecular complexity index is 374. The third kappa shape index (κ3) is 4.37. The first-order valence-electron chi connectivity index (χ1n) is 7.48. The molecule has 4 nitrogen and oxygen atoms in total. The van der Waals surface area contributed by atoms with Crippen LogP contribution in [0.5, 0.6) is 0 Å². The van der Waals surface area contributed by atoms with Gasteiger partial charge in [-0.15, -0.1) is 0 Å². The van der Waals surface area contributed by atoms with E-state index in [1.54, 1.807) is 0 Å². The lowest BCUT2D eigenvalue weighted by molar-refractivity contribution is 0.484. The zero-order valence-corrected chi connectivity index (χ0v) is 13.0. The van der Waals surface area contributed by atoms with Gasteiger partial charge in [-0.3, -0.25) is 0 Å². The first kappa shape index (κ1) is 15.7. The average Bonchev–Trinajstić information content (AvgIpc) is 2.43. The molecule has 1 N–H and O–H groups in total. The maximum absolute atomic E-state index is 4.66. The third-order valence-corrected chi connectivity index (χ3v) is 3.59. The maximum Gasteiger partial charge on any atom is 0.224 e. The van der Waals surface area contributed by atoms with Crippen LogP contribution >= 0.6 is 0 Å². The summed E-state index contributed by atoms with van der Waals surface area (Å²) in [6, 6.07) is 0. The predicted octanol–water partition coefficient (Wildman–Crippen LogP) is 3.48. The van der Waals surface area contributed by atoms with Crippen molar-refractivity contribution in [3.63, 3.8) is 0 Å². The molecule has 0 saturated carbocycles. The summed E-state index contributed by atoms with van der Waals surface area (Å²) in [6.45, 7) is 13.8. The van der Waals surface area contributed by atoms with Gasteiger partial charge in [-0.25, -0.2) is 4.98 Å². The Morgan fingerprint density at radius 3 is 2.42 bits per heavy atom. The number of nitrogens with one attached hydrogen (secondary N) is 1. The molecule has 0 fully saturated rings. The molecule has 0 atom stereocenters. The summed E-state index contributed by atoms with van der Waals surface area (Å²) in [5, 5.41) is 3.19. The number of anilines is 2. The van der Waals surface area contributed by atoms with Crippen LogP contribution in [-0.4, -0.2) is 29.6 Å². The van der Waals surface area contributed by atoms with E-state index in [9.17, 15) is 0 Å². The lowest BCUT2D eigenvalue weighted by atomic mass is 10.0. The molecule has 0 aliphatic heterocycles. The molecule has 0 radical (unpaired) electrons. The predicted molar refractivity (Wildman–Crippen MR) is 82.9 cm³/mol. The highest BCUT2D eigenvalue weighted by molar-refractivity contribution is 5.48. The maximum atomic E-state index is 4.66. The normalized spacial score (nSPS) is 10.8. The van der Waals surface area contributed by atoms with E-state index in [-0.39, 0.29) is 0 Å². The second-order valence-electron chi connectivity index (χ2n) is 4.95. The summed E-state index contributed by atoms with van der Waals surface area (Å²) in [6.07, 6.45) is 4.35. The fraction of sp³-hybridized carbons (Fsp3) is 0.733. The van der Waals surface area contributed by atoms with Gasteiger partial charge in [0, 0.05) is 31.4 Å². The van der Waals surface area contributed by atoms with E-state index in [4.69, 9.17) is 0 Å². The van der Waals surface area contributed by atoms with E-state index < -0.39 is 0 Å². The lowest BCUT2D eigenvalue weighted by Gasteiger charge is -2.27. The summed E-state index contributed by atoms with van der Waals surface area (Å²) < 4.78 is 0. The van der Waals surface area contributed by atoms with Gasteiger partial charge < -0.3 is 10.2 Å². The fourth-order valence-corrected chi connectivity index (χ4v) is 2.22. The molecule has 0 bridgehead atoms. The second kappa shape index (κ2) is 7.97. The fourth-order valence-electron chi connectivity index (χ4n) is 2.22. The number of aryl methyl sites for hydroxylation is 1. The molecule has 0 amide bonds. The van der Waals surface area contributed by atoms with Crippen molar-refractivity contribution in [2.75, 3.05) is 29.9 Å². The lowest BCUT2D eigenvalue weighted by Crippen LogP contribution is -2.30. The highest BCUT2D eigenvalue weighted by atomic mass is 15.2. The van der Waals surface area contributed by atoms with Crippen molar-refractivity contribution in [2.45, 2.75) is 47.5 Å². The van der Waals surface area contributed by atoms with Gasteiger partial charge in [0.15, 0.2) is 0 Å². The second-order valence-corrected chi connectivity index (χ2v) is 4.95. The molecular formula is C15H28N4.